The molecule has 158 valence electrons. The van der Waals surface area contributed by atoms with Crippen LogP contribution in [-0.4, -0.2) is 56.0 Å². The van der Waals surface area contributed by atoms with Crippen molar-refractivity contribution in [1.82, 2.24) is 15.5 Å². The van der Waals surface area contributed by atoms with Crippen LogP contribution in [0.2, 0.25) is 0 Å². The minimum Gasteiger partial charge on any atom is -0.357 e. The summed E-state index contributed by atoms with van der Waals surface area (Å²) in [6, 6.07) is 8.18. The minimum absolute atomic E-state index is 0. The van der Waals surface area contributed by atoms with E-state index in [9.17, 15) is 4.79 Å². The lowest BCUT2D eigenvalue weighted by molar-refractivity contribution is -0.117. The van der Waals surface area contributed by atoms with Gasteiger partial charge in [-0.15, -0.1) is 24.0 Å². The predicted octanol–water partition coefficient (Wildman–Crippen LogP) is 3.22. The van der Waals surface area contributed by atoms with Gasteiger partial charge in [-0.2, -0.15) is 0 Å². The standard InChI is InChI=1S/C21H35N5O.HI/c1-4-14-25(6-3)16-13-23-21(22-5-2)24-17-18-9-11-19(12-10-18)26-15-7-8-20(26)27;/h9-12H,4-8,13-17H2,1-3H3,(H2,22,23,24);1H. The van der Waals surface area contributed by atoms with E-state index >= 15 is 0 Å². The van der Waals surface area contributed by atoms with Crippen LogP contribution in [0.15, 0.2) is 29.3 Å². The lowest BCUT2D eigenvalue weighted by atomic mass is 10.2. The Morgan fingerprint density at radius 1 is 1.14 bits per heavy atom. The third-order valence-electron chi connectivity index (χ3n) is 4.79. The zero-order valence-corrected chi connectivity index (χ0v) is 19.9. The summed E-state index contributed by atoms with van der Waals surface area (Å²) in [6.45, 7) is 12.9. The molecule has 1 aromatic rings. The molecule has 0 atom stereocenters. The number of carbonyl (C=O) groups excluding carboxylic acids is 1. The van der Waals surface area contributed by atoms with Gasteiger partial charge in [0.2, 0.25) is 5.91 Å². The van der Waals surface area contributed by atoms with Crippen LogP contribution in [0.1, 0.15) is 45.6 Å². The molecule has 0 aliphatic carbocycles. The van der Waals surface area contributed by atoms with E-state index in [0.717, 1.165) is 62.9 Å². The maximum Gasteiger partial charge on any atom is 0.227 e. The molecule has 1 saturated heterocycles. The highest BCUT2D eigenvalue weighted by molar-refractivity contribution is 14.0. The van der Waals surface area contributed by atoms with Crippen molar-refractivity contribution in [3.8, 4) is 0 Å². The van der Waals surface area contributed by atoms with Crippen LogP contribution in [0, 0.1) is 0 Å². The van der Waals surface area contributed by atoms with Crippen molar-refractivity contribution in [1.29, 1.82) is 0 Å². The van der Waals surface area contributed by atoms with Crippen molar-refractivity contribution >= 4 is 41.5 Å². The summed E-state index contributed by atoms with van der Waals surface area (Å²) < 4.78 is 0. The largest absolute Gasteiger partial charge is 0.357 e. The topological polar surface area (TPSA) is 60.0 Å². The van der Waals surface area contributed by atoms with Crippen molar-refractivity contribution in [2.75, 3.05) is 44.2 Å². The molecule has 2 rings (SSSR count). The average molecular weight is 501 g/mol. The fourth-order valence-corrected chi connectivity index (χ4v) is 3.29. The van der Waals surface area contributed by atoms with Crippen LogP contribution < -0.4 is 15.5 Å². The molecule has 2 N–H and O–H groups in total. The molecule has 28 heavy (non-hydrogen) atoms. The molecular weight excluding hydrogens is 465 g/mol. The van der Waals surface area contributed by atoms with Gasteiger partial charge < -0.3 is 20.4 Å². The average Bonchev–Trinajstić information content (AvgIpc) is 3.11. The maximum absolute atomic E-state index is 11.8. The third kappa shape index (κ3) is 7.95. The van der Waals surface area contributed by atoms with E-state index < -0.39 is 0 Å². The van der Waals surface area contributed by atoms with Gasteiger partial charge in [0.25, 0.3) is 0 Å². The van der Waals surface area contributed by atoms with Crippen molar-refractivity contribution in [3.63, 3.8) is 0 Å². The van der Waals surface area contributed by atoms with Crippen LogP contribution in [0.5, 0.6) is 0 Å². The molecule has 0 unspecified atom stereocenters. The van der Waals surface area contributed by atoms with Gasteiger partial charge in [-0.3, -0.25) is 4.79 Å². The molecule has 1 amide bonds. The van der Waals surface area contributed by atoms with E-state index in [0.29, 0.717) is 13.0 Å². The van der Waals surface area contributed by atoms with Gasteiger partial charge in [-0.25, -0.2) is 4.99 Å². The summed E-state index contributed by atoms with van der Waals surface area (Å²) in [5.74, 6) is 1.08. The second-order valence-electron chi connectivity index (χ2n) is 6.87. The van der Waals surface area contributed by atoms with Crippen LogP contribution in [-0.2, 0) is 11.3 Å². The molecule has 6 nitrogen and oxygen atoms in total. The van der Waals surface area contributed by atoms with Gasteiger partial charge in [0.15, 0.2) is 5.96 Å². The summed E-state index contributed by atoms with van der Waals surface area (Å²) in [5.41, 5.74) is 2.13. The Kier molecular flexibility index (Phi) is 12.1. The first kappa shape index (κ1) is 24.7. The lowest BCUT2D eigenvalue weighted by Gasteiger charge is -2.20. The SMILES string of the molecule is CCCN(CC)CCNC(=NCc1ccc(N2CCCC2=O)cc1)NCC.I. The second kappa shape index (κ2) is 13.8. The molecule has 0 bridgehead atoms. The molecule has 1 fully saturated rings. The first-order chi connectivity index (χ1) is 13.2. The van der Waals surface area contributed by atoms with Gasteiger partial charge in [-0.05, 0) is 50.6 Å². The van der Waals surface area contributed by atoms with Gasteiger partial charge in [0, 0.05) is 38.3 Å². The number of aliphatic imine (C=N–C) groups is 1. The highest BCUT2D eigenvalue weighted by atomic mass is 127. The van der Waals surface area contributed by atoms with Gasteiger partial charge >= 0.3 is 0 Å². The van der Waals surface area contributed by atoms with Crippen LogP contribution in [0.3, 0.4) is 0 Å². The van der Waals surface area contributed by atoms with Crippen molar-refractivity contribution in [3.05, 3.63) is 29.8 Å². The van der Waals surface area contributed by atoms with Gasteiger partial charge in [0.05, 0.1) is 6.54 Å². The quantitative estimate of drug-likeness (QED) is 0.294. The highest BCUT2D eigenvalue weighted by Crippen LogP contribution is 2.21. The first-order valence-corrected chi connectivity index (χ1v) is 10.3. The second-order valence-corrected chi connectivity index (χ2v) is 6.87. The molecule has 0 spiro atoms. The van der Waals surface area contributed by atoms with E-state index in [4.69, 9.17) is 0 Å². The first-order valence-electron chi connectivity index (χ1n) is 10.3. The van der Waals surface area contributed by atoms with E-state index in [2.05, 4.69) is 53.4 Å². The zero-order chi connectivity index (χ0) is 19.5. The molecule has 1 aliphatic rings. The number of nitrogens with one attached hydrogen (secondary N) is 2. The van der Waals surface area contributed by atoms with Crippen molar-refractivity contribution in [2.45, 2.75) is 46.6 Å². The summed E-state index contributed by atoms with van der Waals surface area (Å²) in [7, 11) is 0. The number of nitrogens with zero attached hydrogens (tertiary/aromatic N) is 3. The Bertz CT molecular complexity index is 605. The number of rotatable bonds is 10. The molecule has 1 aliphatic heterocycles. The number of amides is 1. The normalized spacial score (nSPS) is 14.4. The van der Waals surface area contributed by atoms with Crippen molar-refractivity contribution in [2.24, 2.45) is 4.99 Å². The Morgan fingerprint density at radius 3 is 2.46 bits per heavy atom. The predicted molar refractivity (Wildman–Crippen MR) is 129 cm³/mol. The Hall–Kier alpha value is -1.35. The number of halogens is 1. The number of likely N-dealkylation sites (N-methyl/N-ethyl adjacent to an activating group) is 1. The van der Waals surface area contributed by atoms with E-state index in [1.165, 1.54) is 6.42 Å². The smallest absolute Gasteiger partial charge is 0.227 e. The minimum atomic E-state index is 0. The Labute approximate surface area is 187 Å². The fraction of sp³-hybridized carbons (Fsp3) is 0.619. The summed E-state index contributed by atoms with van der Waals surface area (Å²) in [4.78, 5) is 20.8. The lowest BCUT2D eigenvalue weighted by Crippen LogP contribution is -2.41. The molecule has 0 aromatic heterocycles. The monoisotopic (exact) mass is 501 g/mol. The summed E-state index contributed by atoms with van der Waals surface area (Å²) in [5, 5.41) is 6.73. The molecule has 0 saturated carbocycles. The summed E-state index contributed by atoms with van der Waals surface area (Å²) in [6.07, 6.45) is 2.80. The zero-order valence-electron chi connectivity index (χ0n) is 17.5. The molecular formula is C21H36IN5O. The van der Waals surface area contributed by atoms with Crippen LogP contribution >= 0.6 is 24.0 Å². The van der Waals surface area contributed by atoms with Crippen LogP contribution in [0.25, 0.3) is 0 Å². The number of anilines is 1. The van der Waals surface area contributed by atoms with E-state index in [1.807, 2.05) is 17.0 Å². The number of carbonyl (C=O) groups is 1. The molecule has 1 heterocycles. The van der Waals surface area contributed by atoms with Crippen molar-refractivity contribution < 1.29 is 4.79 Å². The molecule has 0 radical (unpaired) electrons. The number of hydrogen-bond donors (Lipinski definition) is 2. The highest BCUT2D eigenvalue weighted by Gasteiger charge is 2.21. The summed E-state index contributed by atoms with van der Waals surface area (Å²) >= 11 is 0. The maximum atomic E-state index is 11.8. The van der Waals surface area contributed by atoms with E-state index in [1.54, 1.807) is 0 Å². The number of benzene rings is 1. The van der Waals surface area contributed by atoms with Gasteiger partial charge in [-0.1, -0.05) is 26.0 Å². The third-order valence-corrected chi connectivity index (χ3v) is 4.79. The fourth-order valence-electron chi connectivity index (χ4n) is 3.29. The Morgan fingerprint density at radius 2 is 1.89 bits per heavy atom. The Balaban J connectivity index is 0.00000392. The van der Waals surface area contributed by atoms with E-state index in [-0.39, 0.29) is 29.9 Å². The van der Waals surface area contributed by atoms with Crippen LogP contribution in [0.4, 0.5) is 5.69 Å². The molecule has 1 aromatic carbocycles. The number of hydrogen-bond acceptors (Lipinski definition) is 3. The number of guanidine groups is 1. The van der Waals surface area contributed by atoms with Gasteiger partial charge in [0.1, 0.15) is 0 Å². The molecule has 7 heteroatoms.